The number of carbonyl (C=O) groups is 2. The molecule has 2 fully saturated rings. The summed E-state index contributed by atoms with van der Waals surface area (Å²) in [4.78, 5) is 34.7. The molecule has 5 rings (SSSR count). The fraction of sp³-hybridized carbons (Fsp3) is 0.440. The Kier molecular flexibility index (Phi) is 5.94. The van der Waals surface area contributed by atoms with Crippen molar-refractivity contribution < 1.29 is 19.1 Å². The number of aromatic nitrogens is 1. The number of nitriles is 1. The summed E-state index contributed by atoms with van der Waals surface area (Å²) in [6, 6.07) is 9.46. The summed E-state index contributed by atoms with van der Waals surface area (Å²) in [7, 11) is 0. The topological polar surface area (TPSA) is 97.5 Å². The van der Waals surface area contributed by atoms with Gasteiger partial charge in [-0.25, -0.2) is 9.37 Å². The van der Waals surface area contributed by atoms with Crippen LogP contribution in [-0.4, -0.2) is 56.9 Å². The van der Waals surface area contributed by atoms with Gasteiger partial charge in [-0.15, -0.1) is 11.8 Å². The Hall–Kier alpha value is -3.12. The van der Waals surface area contributed by atoms with Gasteiger partial charge in [-0.2, -0.15) is 5.26 Å². The first-order valence-corrected chi connectivity index (χ1v) is 12.3. The van der Waals surface area contributed by atoms with Crippen LogP contribution < -0.4 is 0 Å². The monoisotopic (exact) mass is 480 g/mol. The molecule has 2 aromatic rings. The van der Waals surface area contributed by atoms with Gasteiger partial charge in [0.1, 0.15) is 11.9 Å². The van der Waals surface area contributed by atoms with Gasteiger partial charge in [-0.3, -0.25) is 9.59 Å². The molecular weight excluding hydrogens is 455 g/mol. The fourth-order valence-electron chi connectivity index (χ4n) is 5.71. The zero-order valence-corrected chi connectivity index (χ0v) is 19.4. The third-order valence-corrected chi connectivity index (χ3v) is 8.80. The molecule has 3 aliphatic rings. The number of nitrogens with zero attached hydrogens (tertiary/aromatic N) is 4. The number of hydrogen-bond acceptors (Lipinski definition) is 6. The Labute approximate surface area is 201 Å². The van der Waals surface area contributed by atoms with Gasteiger partial charge in [-0.05, 0) is 61.1 Å². The number of halogens is 1. The van der Waals surface area contributed by atoms with Gasteiger partial charge in [0.15, 0.2) is 0 Å². The Balaban J connectivity index is 1.49. The first-order valence-electron chi connectivity index (χ1n) is 11.5. The highest BCUT2D eigenvalue weighted by atomic mass is 32.2. The number of likely N-dealkylation sites (tertiary alicyclic amines) is 2. The number of pyridine rings is 1. The van der Waals surface area contributed by atoms with Crippen LogP contribution in [0.3, 0.4) is 0 Å². The number of benzene rings is 1. The highest BCUT2D eigenvalue weighted by Gasteiger charge is 2.55. The minimum Gasteiger partial charge on any atom is -0.493 e. The van der Waals surface area contributed by atoms with Gasteiger partial charge in [0.25, 0.3) is 0 Å². The van der Waals surface area contributed by atoms with Gasteiger partial charge in [0.2, 0.25) is 17.7 Å². The molecule has 3 heterocycles. The molecule has 7 nitrogen and oxygen atoms in total. The highest BCUT2D eigenvalue weighted by Crippen LogP contribution is 2.56. The SMILES string of the molecule is N#CCCN1C(=O)CCC1C(=O)N1CCC2(Sc3ccc(F)cc3)c3cnc(O)cc3CCC12. The Morgan fingerprint density at radius 1 is 1.29 bits per heavy atom. The van der Waals surface area contributed by atoms with Gasteiger partial charge in [0, 0.05) is 36.7 Å². The summed E-state index contributed by atoms with van der Waals surface area (Å²) >= 11 is 1.61. The molecule has 2 saturated heterocycles. The summed E-state index contributed by atoms with van der Waals surface area (Å²) in [5.41, 5.74) is 2.01. The van der Waals surface area contributed by atoms with E-state index in [4.69, 9.17) is 5.26 Å². The number of aryl methyl sites for hydroxylation is 1. The number of rotatable bonds is 5. The van der Waals surface area contributed by atoms with Gasteiger partial charge < -0.3 is 14.9 Å². The van der Waals surface area contributed by atoms with Gasteiger partial charge >= 0.3 is 0 Å². The van der Waals surface area contributed by atoms with Crippen LogP contribution in [0.2, 0.25) is 0 Å². The van der Waals surface area contributed by atoms with Crippen LogP contribution in [0.5, 0.6) is 5.88 Å². The predicted octanol–water partition coefficient (Wildman–Crippen LogP) is 3.37. The molecule has 3 unspecified atom stereocenters. The van der Waals surface area contributed by atoms with Crippen LogP contribution in [0, 0.1) is 17.1 Å². The molecule has 0 bridgehead atoms. The average molecular weight is 481 g/mol. The third-order valence-electron chi connectivity index (χ3n) is 7.23. The lowest BCUT2D eigenvalue weighted by molar-refractivity contribution is -0.142. The van der Waals surface area contributed by atoms with Crippen LogP contribution in [0.25, 0.3) is 0 Å². The fourth-order valence-corrected chi connectivity index (χ4v) is 7.27. The number of hydrogen-bond donors (Lipinski definition) is 1. The molecule has 2 amide bonds. The minimum absolute atomic E-state index is 0.0253. The van der Waals surface area contributed by atoms with Gasteiger partial charge in [-0.1, -0.05) is 0 Å². The van der Waals surface area contributed by atoms with Crippen molar-refractivity contribution in [3.8, 4) is 11.9 Å². The number of thioether (sulfide) groups is 1. The molecule has 0 saturated carbocycles. The van der Waals surface area contributed by atoms with Crippen molar-refractivity contribution in [1.82, 2.24) is 14.8 Å². The molecule has 34 heavy (non-hydrogen) atoms. The van der Waals surface area contributed by atoms with Crippen LogP contribution in [0.15, 0.2) is 41.4 Å². The number of aromatic hydroxyl groups is 1. The summed E-state index contributed by atoms with van der Waals surface area (Å²) < 4.78 is 13.1. The van der Waals surface area contributed by atoms with Crippen molar-refractivity contribution >= 4 is 23.6 Å². The second-order valence-corrected chi connectivity index (χ2v) is 10.4. The molecule has 1 aromatic heterocycles. The number of carbonyl (C=O) groups excluding carboxylic acids is 2. The van der Waals surface area contributed by atoms with E-state index in [1.54, 1.807) is 41.1 Å². The third kappa shape index (κ3) is 3.80. The smallest absolute Gasteiger partial charge is 0.245 e. The normalized spacial score (nSPS) is 25.7. The maximum absolute atomic E-state index is 13.8. The minimum atomic E-state index is -0.535. The second kappa shape index (κ2) is 8.91. The summed E-state index contributed by atoms with van der Waals surface area (Å²) in [5.74, 6) is -0.470. The lowest BCUT2D eigenvalue weighted by atomic mass is 9.79. The highest BCUT2D eigenvalue weighted by molar-refractivity contribution is 8.00. The van der Waals surface area contributed by atoms with E-state index in [-0.39, 0.29) is 42.5 Å². The summed E-state index contributed by atoms with van der Waals surface area (Å²) in [6.45, 7) is 0.806. The van der Waals surface area contributed by atoms with E-state index in [2.05, 4.69) is 11.1 Å². The standard InChI is InChI=1S/C25H25FN4O3S/c26-17-3-5-18(6-4-17)34-25-10-13-30(21(25)8-2-16-14-22(31)28-15-19(16)25)24(33)20-7-9-23(32)29(20)12-1-11-27/h3-6,14-15,20-21H,1-2,7-10,12-13H2,(H,28,31). The molecule has 1 N–H and O–H groups in total. The maximum atomic E-state index is 13.8. The molecule has 1 aromatic carbocycles. The molecule has 0 spiro atoms. The van der Waals surface area contributed by atoms with Crippen molar-refractivity contribution in [2.24, 2.45) is 0 Å². The molecule has 2 aliphatic heterocycles. The number of amides is 2. The maximum Gasteiger partial charge on any atom is 0.245 e. The predicted molar refractivity (Wildman–Crippen MR) is 123 cm³/mol. The summed E-state index contributed by atoms with van der Waals surface area (Å²) in [6.07, 6.45) is 4.80. The van der Waals surface area contributed by atoms with E-state index in [1.165, 1.54) is 12.1 Å². The van der Waals surface area contributed by atoms with Crippen molar-refractivity contribution in [2.75, 3.05) is 13.1 Å². The van der Waals surface area contributed by atoms with Crippen molar-refractivity contribution in [3.63, 3.8) is 0 Å². The van der Waals surface area contributed by atoms with Crippen LogP contribution in [0.1, 0.15) is 43.2 Å². The lowest BCUT2D eigenvalue weighted by Crippen LogP contribution is -2.52. The van der Waals surface area contributed by atoms with Crippen LogP contribution in [0.4, 0.5) is 4.39 Å². The van der Waals surface area contributed by atoms with E-state index >= 15 is 0 Å². The average Bonchev–Trinajstić information content (AvgIpc) is 3.39. The largest absolute Gasteiger partial charge is 0.493 e. The Bertz CT molecular complexity index is 1170. The molecule has 1 aliphatic carbocycles. The lowest BCUT2D eigenvalue weighted by Gasteiger charge is -2.43. The zero-order valence-electron chi connectivity index (χ0n) is 18.6. The molecule has 3 atom stereocenters. The van der Waals surface area contributed by atoms with E-state index in [0.29, 0.717) is 32.2 Å². The van der Waals surface area contributed by atoms with E-state index < -0.39 is 10.8 Å². The van der Waals surface area contributed by atoms with Gasteiger partial charge in [0.05, 0.1) is 23.3 Å². The van der Waals surface area contributed by atoms with Crippen molar-refractivity contribution in [3.05, 3.63) is 53.5 Å². The van der Waals surface area contributed by atoms with Crippen LogP contribution in [-0.2, 0) is 20.8 Å². The molecule has 176 valence electrons. The molecular formula is C25H25FN4O3S. The molecule has 0 radical (unpaired) electrons. The van der Waals surface area contributed by atoms with Crippen molar-refractivity contribution in [1.29, 1.82) is 5.26 Å². The van der Waals surface area contributed by atoms with E-state index in [9.17, 15) is 19.1 Å². The van der Waals surface area contributed by atoms with E-state index in [1.807, 2.05) is 4.90 Å². The zero-order chi connectivity index (χ0) is 23.9. The molecule has 9 heteroatoms. The van der Waals surface area contributed by atoms with Crippen molar-refractivity contribution in [2.45, 2.75) is 60.3 Å². The first-order chi connectivity index (χ1) is 16.4. The summed E-state index contributed by atoms with van der Waals surface area (Å²) in [5, 5.41) is 18.9. The Morgan fingerprint density at radius 2 is 2.09 bits per heavy atom. The van der Waals surface area contributed by atoms with E-state index in [0.717, 1.165) is 22.4 Å². The first kappa shape index (κ1) is 22.7. The quantitative estimate of drug-likeness (QED) is 0.705. The second-order valence-electron chi connectivity index (χ2n) is 9.03. The Morgan fingerprint density at radius 3 is 2.85 bits per heavy atom. The van der Waals surface area contributed by atoms with Crippen LogP contribution >= 0.6 is 11.8 Å². The number of fused-ring (bicyclic) bond motifs is 3.